The number of benzene rings is 1. The number of carbonyl (C=O) groups excluding carboxylic acids is 1. The second kappa shape index (κ2) is 9.86. The van der Waals surface area contributed by atoms with Gasteiger partial charge >= 0.3 is 0 Å². The van der Waals surface area contributed by atoms with Crippen LogP contribution in [-0.2, 0) is 4.79 Å². The predicted octanol–water partition coefficient (Wildman–Crippen LogP) is 3.16. The maximum absolute atomic E-state index is 13.2. The van der Waals surface area contributed by atoms with Gasteiger partial charge in [0.25, 0.3) is 0 Å². The fourth-order valence-corrected chi connectivity index (χ4v) is 3.58. The van der Waals surface area contributed by atoms with E-state index in [1.165, 1.54) is 0 Å². The van der Waals surface area contributed by atoms with E-state index in [2.05, 4.69) is 39.8 Å². The minimum absolute atomic E-state index is 0.0518. The Balaban J connectivity index is 1.96. The molecule has 0 aromatic heterocycles. The molecule has 0 spiro atoms. The van der Waals surface area contributed by atoms with E-state index in [0.29, 0.717) is 18.7 Å². The maximum atomic E-state index is 13.2. The molecule has 1 unspecified atom stereocenters. The molecule has 1 aromatic carbocycles. The van der Waals surface area contributed by atoms with Crippen LogP contribution in [0.5, 0.6) is 0 Å². The maximum Gasteiger partial charge on any atom is 0.249 e. The third kappa shape index (κ3) is 5.01. The summed E-state index contributed by atoms with van der Waals surface area (Å²) < 4.78 is 0. The number of nitrogens with two attached hydrogens (primary N) is 1. The first-order valence-electron chi connectivity index (χ1n) is 10.1. The number of nitrogens with one attached hydrogen (secondary N) is 2. The van der Waals surface area contributed by atoms with Crippen LogP contribution in [0, 0.1) is 0 Å². The Morgan fingerprint density at radius 3 is 2.76 bits per heavy atom. The van der Waals surface area contributed by atoms with Crippen molar-refractivity contribution in [3.63, 3.8) is 0 Å². The molecule has 0 radical (unpaired) electrons. The monoisotopic (exact) mass is 395 g/mol. The van der Waals surface area contributed by atoms with Crippen molar-refractivity contribution in [1.82, 2.24) is 10.2 Å². The van der Waals surface area contributed by atoms with E-state index in [4.69, 9.17) is 5.84 Å². The average molecular weight is 396 g/mol. The lowest BCUT2D eigenvalue weighted by atomic mass is 10.0. The average Bonchev–Trinajstić information content (AvgIpc) is 2.92. The van der Waals surface area contributed by atoms with E-state index in [0.717, 1.165) is 48.3 Å². The highest BCUT2D eigenvalue weighted by molar-refractivity contribution is 6.10. The highest BCUT2D eigenvalue weighted by Gasteiger charge is 2.24. The molecule has 8 heteroatoms. The Labute approximate surface area is 171 Å². The summed E-state index contributed by atoms with van der Waals surface area (Å²) in [5.74, 6) is 5.37. The molecular formula is C21H29N7O. The van der Waals surface area contributed by atoms with Crippen LogP contribution in [0.25, 0.3) is 11.6 Å². The van der Waals surface area contributed by atoms with Crippen molar-refractivity contribution in [2.45, 2.75) is 39.3 Å². The number of fused-ring (bicyclic) bond motifs is 1. The van der Waals surface area contributed by atoms with E-state index in [1.54, 1.807) is 0 Å². The van der Waals surface area contributed by atoms with Crippen LogP contribution in [-0.4, -0.2) is 42.9 Å². The van der Waals surface area contributed by atoms with Crippen molar-refractivity contribution in [3.05, 3.63) is 41.1 Å². The summed E-state index contributed by atoms with van der Waals surface area (Å²) in [7, 11) is 0. The normalized spacial score (nSPS) is 18.2. The molecule has 3 rings (SSSR count). The van der Waals surface area contributed by atoms with E-state index in [9.17, 15) is 4.79 Å². The van der Waals surface area contributed by atoms with Gasteiger partial charge in [0.2, 0.25) is 5.91 Å². The van der Waals surface area contributed by atoms with Crippen molar-refractivity contribution in [2.75, 3.05) is 25.1 Å². The van der Waals surface area contributed by atoms with Gasteiger partial charge in [-0.1, -0.05) is 31.2 Å². The molecule has 0 bridgehead atoms. The van der Waals surface area contributed by atoms with Crippen LogP contribution in [0.2, 0.25) is 0 Å². The minimum atomic E-state index is -0.399. The number of allylic oxidation sites excluding steroid dienone is 1. The molecule has 0 aliphatic carbocycles. The number of anilines is 1. The molecule has 154 valence electrons. The van der Waals surface area contributed by atoms with E-state index >= 15 is 0 Å². The molecule has 0 saturated carbocycles. The Kier molecular flexibility index (Phi) is 6.99. The van der Waals surface area contributed by atoms with Crippen molar-refractivity contribution >= 4 is 29.5 Å². The summed E-state index contributed by atoms with van der Waals surface area (Å²) in [4.78, 5) is 19.4. The summed E-state index contributed by atoms with van der Waals surface area (Å²) in [6, 6.07) is 6.09. The smallest absolute Gasteiger partial charge is 0.249 e. The van der Waals surface area contributed by atoms with Crippen LogP contribution in [0.15, 0.2) is 45.3 Å². The highest BCUT2D eigenvalue weighted by Crippen LogP contribution is 2.30. The standard InChI is InChI=1S/C21H29N7O/c1-3-7-28(8-4-2)21(29)17-9-16-6-5-15(18-12-23-14-24-13-18)10-19(16)25-20(11-17)26-27-22/h5-6,9-10,12-13,20,23,25H,3-4,7-8,11,14H2,1-2H3,(H2,22,26). The lowest BCUT2D eigenvalue weighted by molar-refractivity contribution is -0.127. The fraction of sp³-hybridized carbons (Fsp3) is 0.429. The second-order valence-corrected chi connectivity index (χ2v) is 7.13. The largest absolute Gasteiger partial charge is 0.372 e. The second-order valence-electron chi connectivity index (χ2n) is 7.13. The third-order valence-electron chi connectivity index (χ3n) is 4.88. The molecule has 0 saturated heterocycles. The van der Waals surface area contributed by atoms with E-state index in [1.807, 2.05) is 41.6 Å². The first kappa shape index (κ1) is 20.6. The minimum Gasteiger partial charge on any atom is -0.372 e. The van der Waals surface area contributed by atoms with Gasteiger partial charge in [0.05, 0.1) is 0 Å². The van der Waals surface area contributed by atoms with Gasteiger partial charge in [-0.05, 0) is 36.1 Å². The van der Waals surface area contributed by atoms with E-state index < -0.39 is 6.17 Å². The quantitative estimate of drug-likeness (QED) is 0.374. The van der Waals surface area contributed by atoms with Gasteiger partial charge in [0, 0.05) is 48.8 Å². The number of hydrogen-bond donors (Lipinski definition) is 3. The number of hydrogen-bond acceptors (Lipinski definition) is 6. The van der Waals surface area contributed by atoms with E-state index in [-0.39, 0.29) is 5.91 Å². The Morgan fingerprint density at radius 2 is 2.10 bits per heavy atom. The van der Waals surface area contributed by atoms with Crippen molar-refractivity contribution in [1.29, 1.82) is 0 Å². The molecular weight excluding hydrogens is 366 g/mol. The number of carbonyl (C=O) groups is 1. The van der Waals surface area contributed by atoms with Gasteiger partial charge in [-0.25, -0.2) is 0 Å². The molecule has 2 aliphatic heterocycles. The molecule has 1 atom stereocenters. The van der Waals surface area contributed by atoms with Crippen molar-refractivity contribution in [3.8, 4) is 0 Å². The van der Waals surface area contributed by atoms with Crippen LogP contribution in [0.3, 0.4) is 0 Å². The number of amides is 1. The molecule has 1 aromatic rings. The SMILES string of the molecule is CCCN(CCC)C(=O)C1=Cc2ccc(C3=CNCN=C3)cc2NC(N=NN)C1. The number of nitrogens with zero attached hydrogens (tertiary/aromatic N) is 4. The van der Waals surface area contributed by atoms with Gasteiger partial charge in [-0.15, -0.1) is 5.11 Å². The topological polar surface area (TPSA) is 107 Å². The van der Waals surface area contributed by atoms with Crippen molar-refractivity contribution in [2.24, 2.45) is 21.2 Å². The summed E-state index contributed by atoms with van der Waals surface area (Å²) in [6.07, 6.45) is 7.63. The summed E-state index contributed by atoms with van der Waals surface area (Å²) >= 11 is 0. The zero-order chi connectivity index (χ0) is 20.6. The lowest BCUT2D eigenvalue weighted by Gasteiger charge is -2.23. The molecule has 2 heterocycles. The Bertz CT molecular complexity index is 851. The van der Waals surface area contributed by atoms with Gasteiger partial charge in [-0.2, -0.15) is 0 Å². The zero-order valence-corrected chi connectivity index (χ0v) is 17.1. The van der Waals surface area contributed by atoms with Gasteiger partial charge in [-0.3, -0.25) is 9.79 Å². The Hall–Kier alpha value is -3.16. The Morgan fingerprint density at radius 1 is 1.31 bits per heavy atom. The summed E-state index contributed by atoms with van der Waals surface area (Å²) in [5, 5.41) is 14.1. The van der Waals surface area contributed by atoms with Crippen LogP contribution >= 0.6 is 0 Å². The molecule has 0 fully saturated rings. The fourth-order valence-electron chi connectivity index (χ4n) is 3.58. The highest BCUT2D eigenvalue weighted by atomic mass is 16.2. The number of aliphatic imine (C=N–C) groups is 1. The molecule has 8 nitrogen and oxygen atoms in total. The van der Waals surface area contributed by atoms with Crippen LogP contribution < -0.4 is 16.5 Å². The van der Waals surface area contributed by atoms with Gasteiger partial charge in [0.15, 0.2) is 0 Å². The van der Waals surface area contributed by atoms with Crippen LogP contribution in [0.4, 0.5) is 5.69 Å². The van der Waals surface area contributed by atoms with Crippen molar-refractivity contribution < 1.29 is 4.79 Å². The summed E-state index contributed by atoms with van der Waals surface area (Å²) in [6.45, 7) is 6.24. The molecule has 1 amide bonds. The lowest BCUT2D eigenvalue weighted by Crippen LogP contribution is -2.34. The third-order valence-corrected chi connectivity index (χ3v) is 4.88. The first-order chi connectivity index (χ1) is 14.2. The van der Waals surface area contributed by atoms with Crippen LogP contribution in [0.1, 0.15) is 44.2 Å². The first-order valence-corrected chi connectivity index (χ1v) is 10.1. The molecule has 2 aliphatic rings. The van der Waals surface area contributed by atoms with Gasteiger partial charge < -0.3 is 21.4 Å². The van der Waals surface area contributed by atoms with Gasteiger partial charge in [0.1, 0.15) is 12.8 Å². The molecule has 29 heavy (non-hydrogen) atoms. The number of rotatable bonds is 7. The predicted molar refractivity (Wildman–Crippen MR) is 117 cm³/mol. The summed E-state index contributed by atoms with van der Waals surface area (Å²) in [5.41, 5.74) is 4.57. The zero-order valence-electron chi connectivity index (χ0n) is 17.1. The molecule has 4 N–H and O–H groups in total.